The number of hydrogen-bond acceptors (Lipinski definition) is 5. The zero-order valence-corrected chi connectivity index (χ0v) is 16.5. The van der Waals surface area contributed by atoms with Gasteiger partial charge in [0.25, 0.3) is 11.6 Å². The molecule has 1 N–H and O–H groups in total. The third-order valence-corrected chi connectivity index (χ3v) is 4.51. The van der Waals surface area contributed by atoms with Gasteiger partial charge in [-0.15, -0.1) is 0 Å². The number of carbonyl (C=O) groups is 1. The van der Waals surface area contributed by atoms with E-state index < -0.39 is 10.8 Å². The zero-order chi connectivity index (χ0) is 20.1. The summed E-state index contributed by atoms with van der Waals surface area (Å²) in [6.07, 6.45) is 0. The van der Waals surface area contributed by atoms with E-state index >= 15 is 0 Å². The molecule has 27 heavy (non-hydrogen) atoms. The molecule has 0 aliphatic rings. The van der Waals surface area contributed by atoms with E-state index in [1.54, 1.807) is 0 Å². The van der Waals surface area contributed by atoms with Gasteiger partial charge in [0.15, 0.2) is 0 Å². The van der Waals surface area contributed by atoms with Crippen molar-refractivity contribution in [2.75, 3.05) is 39.6 Å². The molecule has 0 saturated heterocycles. The van der Waals surface area contributed by atoms with Crippen molar-refractivity contribution in [3.63, 3.8) is 0 Å². The van der Waals surface area contributed by atoms with Crippen LogP contribution in [0.3, 0.4) is 0 Å². The number of nitro benzene ring substituents is 1. The highest BCUT2D eigenvalue weighted by Crippen LogP contribution is 2.24. The molecular formula is C19H23ClN4O3. The molecule has 0 aromatic heterocycles. The number of anilines is 1. The Kier molecular flexibility index (Phi) is 6.76. The van der Waals surface area contributed by atoms with Crippen molar-refractivity contribution in [3.8, 4) is 0 Å². The molecule has 0 saturated carbocycles. The van der Waals surface area contributed by atoms with E-state index in [0.29, 0.717) is 6.54 Å². The summed E-state index contributed by atoms with van der Waals surface area (Å²) < 4.78 is 0. The Balaban J connectivity index is 2.18. The number of nitrogens with zero attached hydrogens (tertiary/aromatic N) is 3. The second-order valence-corrected chi connectivity index (χ2v) is 7.03. The normalized spacial score (nSPS) is 11.9. The van der Waals surface area contributed by atoms with Crippen LogP contribution in [-0.2, 0) is 0 Å². The highest BCUT2D eigenvalue weighted by atomic mass is 35.5. The number of likely N-dealkylation sites (N-methyl/N-ethyl adjacent to an activating group) is 1. The molecule has 0 aliphatic heterocycles. The van der Waals surface area contributed by atoms with Crippen molar-refractivity contribution < 1.29 is 9.72 Å². The van der Waals surface area contributed by atoms with Gasteiger partial charge in [-0.2, -0.15) is 0 Å². The van der Waals surface area contributed by atoms with Crippen molar-refractivity contribution in [1.82, 2.24) is 10.2 Å². The number of halogens is 1. The van der Waals surface area contributed by atoms with Crippen LogP contribution in [0.2, 0.25) is 5.02 Å². The van der Waals surface area contributed by atoms with Crippen molar-refractivity contribution in [1.29, 1.82) is 0 Å². The largest absolute Gasteiger partial charge is 0.378 e. The van der Waals surface area contributed by atoms with E-state index in [2.05, 4.69) is 5.32 Å². The van der Waals surface area contributed by atoms with Gasteiger partial charge in [0, 0.05) is 37.4 Å². The summed E-state index contributed by atoms with van der Waals surface area (Å²) >= 11 is 5.90. The summed E-state index contributed by atoms with van der Waals surface area (Å²) in [6.45, 7) is 0.302. The van der Waals surface area contributed by atoms with Crippen LogP contribution in [0.1, 0.15) is 22.0 Å². The number of nitrogens with one attached hydrogen (secondary N) is 1. The summed E-state index contributed by atoms with van der Waals surface area (Å²) in [5.41, 5.74) is 1.79. The molecule has 144 valence electrons. The fourth-order valence-electron chi connectivity index (χ4n) is 2.73. The Morgan fingerprint density at radius 3 is 2.30 bits per heavy atom. The molecule has 0 fully saturated rings. The van der Waals surface area contributed by atoms with E-state index in [4.69, 9.17) is 11.6 Å². The van der Waals surface area contributed by atoms with Crippen molar-refractivity contribution >= 4 is 28.9 Å². The average molecular weight is 391 g/mol. The number of carbonyl (C=O) groups excluding carboxylic acids is 1. The molecule has 0 radical (unpaired) electrons. The number of rotatable bonds is 7. The smallest absolute Gasteiger partial charge is 0.282 e. The summed E-state index contributed by atoms with van der Waals surface area (Å²) in [6, 6.07) is 11.9. The number of benzene rings is 2. The standard InChI is InChI=1S/C19H23ClN4O3/c1-22(2)15-8-5-13(6-9-15)18(23(3)4)12-21-19(25)16-11-14(20)7-10-17(16)24(26)27/h5-11,18H,12H2,1-4H3,(H,21,25). The van der Waals surface area contributed by atoms with Gasteiger partial charge in [-0.3, -0.25) is 14.9 Å². The Hall–Kier alpha value is -2.64. The van der Waals surface area contributed by atoms with Gasteiger partial charge in [0.1, 0.15) is 5.56 Å². The van der Waals surface area contributed by atoms with E-state index in [-0.39, 0.29) is 22.3 Å². The third-order valence-electron chi connectivity index (χ3n) is 4.27. The highest BCUT2D eigenvalue weighted by Gasteiger charge is 2.22. The molecule has 1 unspecified atom stereocenters. The lowest BCUT2D eigenvalue weighted by Crippen LogP contribution is -2.34. The molecule has 1 atom stereocenters. The lowest BCUT2D eigenvalue weighted by molar-refractivity contribution is -0.385. The van der Waals surface area contributed by atoms with Gasteiger partial charge in [-0.25, -0.2) is 0 Å². The second-order valence-electron chi connectivity index (χ2n) is 6.59. The lowest BCUT2D eigenvalue weighted by atomic mass is 10.0. The number of nitro groups is 1. The van der Waals surface area contributed by atoms with Gasteiger partial charge < -0.3 is 15.1 Å². The van der Waals surface area contributed by atoms with Crippen molar-refractivity contribution in [2.45, 2.75) is 6.04 Å². The maximum absolute atomic E-state index is 12.5. The van der Waals surface area contributed by atoms with Gasteiger partial charge >= 0.3 is 0 Å². The Labute approximate surface area is 163 Å². The predicted molar refractivity (Wildman–Crippen MR) is 108 cm³/mol. The predicted octanol–water partition coefficient (Wildman–Crippen LogP) is 3.35. The quantitative estimate of drug-likeness (QED) is 0.579. The number of amides is 1. The minimum Gasteiger partial charge on any atom is -0.378 e. The molecule has 1 amide bonds. The van der Waals surface area contributed by atoms with Crippen LogP contribution < -0.4 is 10.2 Å². The fraction of sp³-hybridized carbons (Fsp3) is 0.316. The van der Waals surface area contributed by atoms with E-state index in [9.17, 15) is 14.9 Å². The molecule has 7 nitrogen and oxygen atoms in total. The van der Waals surface area contributed by atoms with Crippen LogP contribution in [0.25, 0.3) is 0 Å². The Morgan fingerprint density at radius 1 is 1.15 bits per heavy atom. The minimum absolute atomic E-state index is 0.0482. The molecule has 0 spiro atoms. The molecule has 8 heteroatoms. The fourth-order valence-corrected chi connectivity index (χ4v) is 2.90. The van der Waals surface area contributed by atoms with Gasteiger partial charge in [-0.1, -0.05) is 23.7 Å². The monoisotopic (exact) mass is 390 g/mol. The molecular weight excluding hydrogens is 368 g/mol. The first-order valence-corrected chi connectivity index (χ1v) is 8.74. The minimum atomic E-state index is -0.589. The summed E-state index contributed by atoms with van der Waals surface area (Å²) in [5, 5.41) is 14.2. The average Bonchev–Trinajstić information content (AvgIpc) is 2.61. The summed E-state index contributed by atoms with van der Waals surface area (Å²) in [5.74, 6) is -0.527. The molecule has 2 rings (SSSR count). The molecule has 0 aliphatic carbocycles. The summed E-state index contributed by atoms with van der Waals surface area (Å²) in [7, 11) is 7.77. The first kappa shape index (κ1) is 20.7. The van der Waals surface area contributed by atoms with E-state index in [1.165, 1.54) is 18.2 Å². The highest BCUT2D eigenvalue weighted by molar-refractivity contribution is 6.31. The van der Waals surface area contributed by atoms with Crippen LogP contribution in [-0.4, -0.2) is 50.5 Å². The topological polar surface area (TPSA) is 78.7 Å². The zero-order valence-electron chi connectivity index (χ0n) is 15.8. The molecule has 2 aromatic rings. The van der Waals surface area contributed by atoms with Crippen LogP contribution in [0.5, 0.6) is 0 Å². The summed E-state index contributed by atoms with van der Waals surface area (Å²) in [4.78, 5) is 27.1. The first-order chi connectivity index (χ1) is 12.7. The first-order valence-electron chi connectivity index (χ1n) is 8.36. The van der Waals surface area contributed by atoms with E-state index in [1.807, 2.05) is 62.3 Å². The molecule has 0 heterocycles. The molecule has 2 aromatic carbocycles. The second kappa shape index (κ2) is 8.83. The van der Waals surface area contributed by atoms with Gasteiger partial charge in [0.05, 0.1) is 11.0 Å². The van der Waals surface area contributed by atoms with Crippen LogP contribution in [0.15, 0.2) is 42.5 Å². The van der Waals surface area contributed by atoms with E-state index in [0.717, 1.165) is 11.3 Å². The Bertz CT molecular complexity index is 822. The Morgan fingerprint density at radius 2 is 1.78 bits per heavy atom. The van der Waals surface area contributed by atoms with Crippen molar-refractivity contribution in [3.05, 3.63) is 68.7 Å². The van der Waals surface area contributed by atoms with Gasteiger partial charge in [-0.05, 0) is 43.9 Å². The van der Waals surface area contributed by atoms with Crippen LogP contribution >= 0.6 is 11.6 Å². The SMILES string of the molecule is CN(C)c1ccc(C(CNC(=O)c2cc(Cl)ccc2[N+](=O)[O-])N(C)C)cc1. The van der Waals surface area contributed by atoms with Crippen molar-refractivity contribution in [2.24, 2.45) is 0 Å². The third kappa shape index (κ3) is 5.18. The lowest BCUT2D eigenvalue weighted by Gasteiger charge is -2.25. The van der Waals surface area contributed by atoms with Crippen LogP contribution in [0, 0.1) is 10.1 Å². The maximum atomic E-state index is 12.5. The maximum Gasteiger partial charge on any atom is 0.282 e. The number of hydrogen-bond donors (Lipinski definition) is 1. The van der Waals surface area contributed by atoms with Crippen LogP contribution in [0.4, 0.5) is 11.4 Å². The molecule has 0 bridgehead atoms. The van der Waals surface area contributed by atoms with Gasteiger partial charge in [0.2, 0.25) is 0 Å².